The minimum Gasteiger partial charge on any atom is -0.789 e. The van der Waals surface area contributed by atoms with Gasteiger partial charge in [-0.25, -0.2) is 4.79 Å². The number of hydrogen-bond acceptors (Lipinski definition) is 8. The van der Waals surface area contributed by atoms with Gasteiger partial charge >= 0.3 is 11.6 Å². The van der Waals surface area contributed by atoms with Crippen LogP contribution in [0.25, 0.3) is 0 Å². The maximum atomic E-state index is 11.7. The maximum Gasteiger partial charge on any atom is 0.339 e. The number of aliphatic imine (C=N–C) groups is 1. The van der Waals surface area contributed by atoms with Crippen LogP contribution in [0.1, 0.15) is 0 Å². The Morgan fingerprint density at radius 1 is 1.56 bits per heavy atom. The number of carbonyl (C=O) groups excluding carboxylic acids is 1. The standard InChI is InChI=1S/C9H11N3O6/c10-7(16)4-8(17)12(2-11-4)9-6(15)5(14)3(1-13)18-9/h3,5-6,9,13-15H,1H2,(H2-,10,16,17)/t3-,5-,6-,9-/m1/s1. The largest absolute Gasteiger partial charge is 0.789 e. The van der Waals surface area contributed by atoms with Crippen LogP contribution in [0.3, 0.4) is 0 Å². The van der Waals surface area contributed by atoms with Crippen molar-refractivity contribution in [2.45, 2.75) is 24.5 Å². The van der Waals surface area contributed by atoms with Gasteiger partial charge in [0.05, 0.1) is 6.61 Å². The molecule has 2 aliphatic heterocycles. The molecule has 2 aliphatic rings. The molecule has 0 radical (unpaired) electrons. The predicted octanol–water partition coefficient (Wildman–Crippen LogP) is -4.34. The Morgan fingerprint density at radius 2 is 2.22 bits per heavy atom. The monoisotopic (exact) mass is 257 g/mol. The van der Waals surface area contributed by atoms with Crippen LogP contribution in [0.15, 0.2) is 16.6 Å². The van der Waals surface area contributed by atoms with Crippen LogP contribution in [-0.4, -0.2) is 63.6 Å². The second kappa shape index (κ2) is 4.48. The van der Waals surface area contributed by atoms with Crippen LogP contribution in [0.2, 0.25) is 0 Å². The van der Waals surface area contributed by atoms with Gasteiger partial charge in [0.25, 0.3) is 6.34 Å². The maximum absolute atomic E-state index is 11.7. The van der Waals surface area contributed by atoms with Crippen molar-refractivity contribution in [3.05, 3.63) is 11.6 Å². The highest BCUT2D eigenvalue weighted by Gasteiger charge is 2.49. The first-order chi connectivity index (χ1) is 8.47. The summed E-state index contributed by atoms with van der Waals surface area (Å²) < 4.78 is 5.08. The zero-order valence-electron chi connectivity index (χ0n) is 9.05. The van der Waals surface area contributed by atoms with Crippen molar-refractivity contribution in [2.75, 3.05) is 6.61 Å². The van der Waals surface area contributed by atoms with E-state index in [4.69, 9.17) is 15.6 Å². The zero-order valence-corrected chi connectivity index (χ0v) is 9.05. The third kappa shape index (κ3) is 1.80. The van der Waals surface area contributed by atoms with Crippen molar-refractivity contribution < 1.29 is 30.0 Å². The second-order valence-electron chi connectivity index (χ2n) is 3.83. The fourth-order valence-corrected chi connectivity index (χ4v) is 1.74. The Bertz CT molecular complexity index is 423. The van der Waals surface area contributed by atoms with E-state index in [1.54, 1.807) is 0 Å². The summed E-state index contributed by atoms with van der Waals surface area (Å²) in [6.45, 7) is -0.527. The summed E-state index contributed by atoms with van der Waals surface area (Å²) in [5.74, 6) is -1.90. The van der Waals surface area contributed by atoms with E-state index in [1.165, 1.54) is 0 Å². The summed E-state index contributed by atoms with van der Waals surface area (Å²) in [5, 5.41) is 39.8. The molecular weight excluding hydrogens is 246 g/mol. The van der Waals surface area contributed by atoms with Crippen molar-refractivity contribution in [1.82, 2.24) is 4.90 Å². The lowest BCUT2D eigenvalue weighted by Crippen LogP contribution is -2.44. The summed E-state index contributed by atoms with van der Waals surface area (Å²) in [6.07, 6.45) is -2.93. The normalized spacial score (nSPS) is 35.2. The Morgan fingerprint density at radius 3 is 2.67 bits per heavy atom. The number of carbonyl (C=O) groups is 1. The molecule has 2 rings (SSSR count). The number of ether oxygens (including phenoxy) is 1. The minimum absolute atomic E-state index is 0.527. The molecule has 1 amide bonds. The van der Waals surface area contributed by atoms with E-state index < -0.39 is 48.6 Å². The van der Waals surface area contributed by atoms with Crippen molar-refractivity contribution in [1.29, 1.82) is 0 Å². The fourth-order valence-electron chi connectivity index (χ4n) is 1.74. The van der Waals surface area contributed by atoms with Gasteiger partial charge in [0.1, 0.15) is 18.3 Å². The van der Waals surface area contributed by atoms with E-state index in [-0.39, 0.29) is 0 Å². The predicted molar refractivity (Wildman–Crippen MR) is 53.3 cm³/mol. The average molecular weight is 257 g/mol. The van der Waals surface area contributed by atoms with Crippen molar-refractivity contribution >= 4 is 12.2 Å². The molecule has 0 aromatic rings. The molecule has 0 saturated carbocycles. The van der Waals surface area contributed by atoms with Gasteiger partial charge in [0.15, 0.2) is 12.1 Å². The average Bonchev–Trinajstić information content (AvgIpc) is 2.82. The van der Waals surface area contributed by atoms with Gasteiger partial charge in [0, 0.05) is 0 Å². The van der Waals surface area contributed by atoms with Gasteiger partial charge < -0.3 is 30.9 Å². The molecule has 98 valence electrons. The summed E-state index contributed by atoms with van der Waals surface area (Å²) >= 11 is 0. The van der Waals surface area contributed by atoms with Crippen LogP contribution >= 0.6 is 0 Å². The SMILES string of the molecule is NC(=O)C1=C([O-])N([C@@H]2O[C@H](CO)[C@@H](O)[C@H]2O)[C+]=N1. The van der Waals surface area contributed by atoms with Crippen LogP contribution in [0, 0.1) is 0 Å². The molecule has 5 N–H and O–H groups in total. The Labute approximate surface area is 101 Å². The summed E-state index contributed by atoms with van der Waals surface area (Å²) in [4.78, 5) is 15.0. The number of primary amides is 1. The Balaban J connectivity index is 2.20. The van der Waals surface area contributed by atoms with Gasteiger partial charge in [0.2, 0.25) is 0 Å². The molecule has 9 nitrogen and oxygen atoms in total. The number of hydrogen-bond donors (Lipinski definition) is 4. The topological polar surface area (TPSA) is 152 Å². The Kier molecular flexibility index (Phi) is 3.16. The molecule has 0 spiro atoms. The number of rotatable bonds is 3. The van der Waals surface area contributed by atoms with Gasteiger partial charge in [-0.05, 0) is 4.99 Å². The highest BCUT2D eigenvalue weighted by molar-refractivity contribution is 5.95. The molecule has 18 heavy (non-hydrogen) atoms. The van der Waals surface area contributed by atoms with Crippen LogP contribution in [0.5, 0.6) is 0 Å². The molecule has 4 atom stereocenters. The highest BCUT2D eigenvalue weighted by atomic mass is 16.6. The lowest BCUT2D eigenvalue weighted by Gasteiger charge is -2.21. The van der Waals surface area contributed by atoms with E-state index in [0.29, 0.717) is 0 Å². The quantitative estimate of drug-likeness (QED) is 0.373. The minimum atomic E-state index is -1.44. The molecular formula is C9H11N3O6. The van der Waals surface area contributed by atoms with E-state index in [9.17, 15) is 20.1 Å². The van der Waals surface area contributed by atoms with E-state index in [0.717, 1.165) is 4.90 Å². The van der Waals surface area contributed by atoms with Gasteiger partial charge in [-0.3, -0.25) is 0 Å². The molecule has 1 saturated heterocycles. The number of nitrogens with zero attached hydrogens (tertiary/aromatic N) is 2. The summed E-state index contributed by atoms with van der Waals surface area (Å²) in [6, 6.07) is 0. The number of aliphatic hydroxyl groups is 3. The Hall–Kier alpha value is -1.77. The zero-order chi connectivity index (χ0) is 13.4. The van der Waals surface area contributed by atoms with Crippen molar-refractivity contribution in [2.24, 2.45) is 10.7 Å². The van der Waals surface area contributed by atoms with Crippen LogP contribution < -0.4 is 10.8 Å². The van der Waals surface area contributed by atoms with Crippen molar-refractivity contribution in [3.63, 3.8) is 0 Å². The van der Waals surface area contributed by atoms with E-state index in [1.807, 2.05) is 0 Å². The molecule has 0 aromatic carbocycles. The number of amides is 1. The third-order valence-electron chi connectivity index (χ3n) is 2.70. The molecule has 9 heteroatoms. The van der Waals surface area contributed by atoms with Gasteiger partial charge in [-0.1, -0.05) is 0 Å². The van der Waals surface area contributed by atoms with E-state index >= 15 is 0 Å². The smallest absolute Gasteiger partial charge is 0.339 e. The lowest BCUT2D eigenvalue weighted by atomic mass is 10.1. The summed E-state index contributed by atoms with van der Waals surface area (Å²) in [5.41, 5.74) is 4.38. The fraction of sp³-hybridized carbons (Fsp3) is 0.556. The molecule has 0 bridgehead atoms. The molecule has 0 aromatic heterocycles. The van der Waals surface area contributed by atoms with Gasteiger partial charge in [-0.2, -0.15) is 0 Å². The van der Waals surface area contributed by atoms with E-state index in [2.05, 4.69) is 11.3 Å². The number of nitrogens with two attached hydrogens (primary N) is 1. The first-order valence-electron chi connectivity index (χ1n) is 5.06. The first-order valence-corrected chi connectivity index (χ1v) is 5.06. The second-order valence-corrected chi connectivity index (χ2v) is 3.83. The molecule has 1 fully saturated rings. The third-order valence-corrected chi connectivity index (χ3v) is 2.70. The van der Waals surface area contributed by atoms with Gasteiger partial charge in [-0.15, -0.1) is 4.90 Å². The van der Waals surface area contributed by atoms with Crippen LogP contribution in [0.4, 0.5) is 0 Å². The highest BCUT2D eigenvalue weighted by Crippen LogP contribution is 2.27. The number of aliphatic hydroxyl groups excluding tert-OH is 3. The molecule has 2 heterocycles. The lowest BCUT2D eigenvalue weighted by molar-refractivity contribution is -0.335. The van der Waals surface area contributed by atoms with Crippen molar-refractivity contribution in [3.8, 4) is 0 Å². The molecule has 0 unspecified atom stereocenters. The molecule has 0 aliphatic carbocycles. The van der Waals surface area contributed by atoms with Crippen LogP contribution in [-0.2, 0) is 9.53 Å². The first kappa shape index (κ1) is 12.7. The summed E-state index contributed by atoms with van der Waals surface area (Å²) in [7, 11) is 0.